The third kappa shape index (κ3) is 3.45. The summed E-state index contributed by atoms with van der Waals surface area (Å²) in [7, 11) is 0. The molecule has 5 nitrogen and oxygen atoms in total. The van der Waals surface area contributed by atoms with Gasteiger partial charge in [0.05, 0.1) is 5.56 Å². The maximum atomic E-state index is 11.2. The monoisotopic (exact) mass is 220 g/mol. The highest BCUT2D eigenvalue weighted by atomic mass is 16.4. The highest BCUT2D eigenvalue weighted by Crippen LogP contribution is 2.10. The van der Waals surface area contributed by atoms with E-state index >= 15 is 0 Å². The molecule has 0 heterocycles. The number of hydrogen-bond donors (Lipinski definition) is 3. The quantitative estimate of drug-likeness (QED) is 0.729. The van der Waals surface area contributed by atoms with Gasteiger partial charge in [-0.1, -0.05) is 12.1 Å². The molecule has 5 heteroatoms. The number of nitrogens with one attached hydrogen (secondary N) is 2. The van der Waals surface area contributed by atoms with E-state index in [-0.39, 0.29) is 5.56 Å². The molecule has 0 saturated heterocycles. The number of carbonyl (C=O) groups excluding carboxylic acids is 1. The van der Waals surface area contributed by atoms with Crippen LogP contribution >= 0.6 is 0 Å². The number of amides is 2. The Kier molecular flexibility index (Phi) is 4.08. The van der Waals surface area contributed by atoms with E-state index < -0.39 is 12.0 Å². The lowest BCUT2D eigenvalue weighted by atomic mass is 10.2. The minimum absolute atomic E-state index is 0.129. The van der Waals surface area contributed by atoms with Gasteiger partial charge in [0.25, 0.3) is 0 Å². The molecule has 0 aromatic heterocycles. The van der Waals surface area contributed by atoms with Crippen molar-refractivity contribution in [1.82, 2.24) is 5.32 Å². The molecule has 1 aromatic carbocycles. The van der Waals surface area contributed by atoms with Crippen LogP contribution in [0.3, 0.4) is 0 Å². The van der Waals surface area contributed by atoms with E-state index in [0.717, 1.165) is 0 Å². The molecular formula is C11H12N2O3. The Labute approximate surface area is 92.8 Å². The van der Waals surface area contributed by atoms with Gasteiger partial charge in [0.15, 0.2) is 0 Å². The molecule has 1 aromatic rings. The lowest BCUT2D eigenvalue weighted by Gasteiger charge is -2.04. The predicted molar refractivity (Wildman–Crippen MR) is 60.4 cm³/mol. The number of hydrogen-bond acceptors (Lipinski definition) is 2. The summed E-state index contributed by atoms with van der Waals surface area (Å²) >= 11 is 0. The standard InChI is InChI=1S/C11H12N2O3/c1-2-6-12-11(16)13-9-5-3-4-8(7-9)10(14)15/h2-7H,1H3,(H,14,15)(H2,12,13,16)/b6-2+. The Bertz CT molecular complexity index is 427. The summed E-state index contributed by atoms with van der Waals surface area (Å²) in [4.78, 5) is 21.9. The molecular weight excluding hydrogens is 208 g/mol. The number of allylic oxidation sites excluding steroid dienone is 1. The third-order valence-corrected chi connectivity index (χ3v) is 1.75. The number of rotatable bonds is 3. The van der Waals surface area contributed by atoms with Gasteiger partial charge in [0.2, 0.25) is 0 Å². The predicted octanol–water partition coefficient (Wildman–Crippen LogP) is 2.04. The Morgan fingerprint density at radius 2 is 2.12 bits per heavy atom. The molecule has 2 amide bonds. The van der Waals surface area contributed by atoms with Crippen LogP contribution < -0.4 is 10.6 Å². The minimum atomic E-state index is -1.03. The Morgan fingerprint density at radius 1 is 1.38 bits per heavy atom. The van der Waals surface area contributed by atoms with Gasteiger partial charge >= 0.3 is 12.0 Å². The second-order valence-electron chi connectivity index (χ2n) is 2.98. The molecule has 3 N–H and O–H groups in total. The molecule has 0 spiro atoms. The first-order chi connectivity index (χ1) is 7.63. The van der Waals surface area contributed by atoms with Crippen molar-refractivity contribution >= 4 is 17.7 Å². The van der Waals surface area contributed by atoms with Gasteiger partial charge in [-0.25, -0.2) is 9.59 Å². The number of carbonyl (C=O) groups is 2. The molecule has 0 unspecified atom stereocenters. The molecule has 16 heavy (non-hydrogen) atoms. The third-order valence-electron chi connectivity index (χ3n) is 1.75. The molecule has 0 fully saturated rings. The van der Waals surface area contributed by atoms with Crippen LogP contribution in [0.1, 0.15) is 17.3 Å². The number of carboxylic acids is 1. The van der Waals surface area contributed by atoms with Crippen molar-refractivity contribution in [3.8, 4) is 0 Å². The maximum Gasteiger partial charge on any atom is 0.335 e. The first-order valence-corrected chi connectivity index (χ1v) is 4.65. The van der Waals surface area contributed by atoms with E-state index in [4.69, 9.17) is 5.11 Å². The van der Waals surface area contributed by atoms with Crippen LogP contribution in [-0.2, 0) is 0 Å². The first kappa shape index (κ1) is 11.8. The lowest BCUT2D eigenvalue weighted by molar-refractivity contribution is 0.0697. The number of aromatic carboxylic acids is 1. The highest BCUT2D eigenvalue weighted by Gasteiger charge is 2.04. The van der Waals surface area contributed by atoms with Crippen molar-refractivity contribution in [2.75, 3.05) is 5.32 Å². The van der Waals surface area contributed by atoms with Crippen molar-refractivity contribution in [3.63, 3.8) is 0 Å². The average molecular weight is 220 g/mol. The molecule has 1 rings (SSSR count). The van der Waals surface area contributed by atoms with Crippen LogP contribution in [0.15, 0.2) is 36.5 Å². The second-order valence-corrected chi connectivity index (χ2v) is 2.98. The number of carboxylic acid groups (broad SMARTS) is 1. The van der Waals surface area contributed by atoms with E-state index in [2.05, 4.69) is 10.6 Å². The van der Waals surface area contributed by atoms with E-state index in [9.17, 15) is 9.59 Å². The van der Waals surface area contributed by atoms with E-state index in [0.29, 0.717) is 5.69 Å². The molecule has 0 saturated carbocycles. The van der Waals surface area contributed by atoms with Crippen LogP contribution in [-0.4, -0.2) is 17.1 Å². The van der Waals surface area contributed by atoms with Gasteiger partial charge in [0, 0.05) is 11.9 Å². The minimum Gasteiger partial charge on any atom is -0.478 e. The highest BCUT2D eigenvalue weighted by molar-refractivity contribution is 5.93. The van der Waals surface area contributed by atoms with Crippen molar-refractivity contribution in [2.45, 2.75) is 6.92 Å². The summed E-state index contributed by atoms with van der Waals surface area (Å²) in [5.74, 6) is -1.03. The van der Waals surface area contributed by atoms with Gasteiger partial charge in [-0.15, -0.1) is 0 Å². The molecule has 0 atom stereocenters. The fraction of sp³-hybridized carbons (Fsp3) is 0.0909. The van der Waals surface area contributed by atoms with Crippen LogP contribution in [0.5, 0.6) is 0 Å². The molecule has 84 valence electrons. The smallest absolute Gasteiger partial charge is 0.335 e. The van der Waals surface area contributed by atoms with Gasteiger partial charge in [-0.3, -0.25) is 0 Å². The van der Waals surface area contributed by atoms with E-state index in [1.807, 2.05) is 0 Å². The topological polar surface area (TPSA) is 78.4 Å². The molecule has 0 radical (unpaired) electrons. The largest absolute Gasteiger partial charge is 0.478 e. The summed E-state index contributed by atoms with van der Waals surface area (Å²) in [5.41, 5.74) is 0.561. The van der Waals surface area contributed by atoms with Crippen molar-refractivity contribution in [3.05, 3.63) is 42.1 Å². The zero-order chi connectivity index (χ0) is 12.0. The first-order valence-electron chi connectivity index (χ1n) is 4.65. The van der Waals surface area contributed by atoms with Gasteiger partial charge in [0.1, 0.15) is 0 Å². The molecule has 0 bridgehead atoms. The normalized spacial score (nSPS) is 10.1. The Hall–Kier alpha value is -2.30. The van der Waals surface area contributed by atoms with Crippen molar-refractivity contribution < 1.29 is 14.7 Å². The number of benzene rings is 1. The summed E-state index contributed by atoms with van der Waals surface area (Å²) in [5, 5.41) is 13.7. The van der Waals surface area contributed by atoms with Gasteiger partial charge < -0.3 is 15.7 Å². The van der Waals surface area contributed by atoms with E-state index in [1.165, 1.54) is 18.3 Å². The Balaban J connectivity index is 2.70. The Morgan fingerprint density at radius 3 is 2.75 bits per heavy atom. The van der Waals surface area contributed by atoms with Crippen LogP contribution in [0.25, 0.3) is 0 Å². The summed E-state index contributed by atoms with van der Waals surface area (Å²) in [6, 6.07) is 5.60. The van der Waals surface area contributed by atoms with Gasteiger partial charge in [-0.05, 0) is 25.1 Å². The maximum absolute atomic E-state index is 11.2. The fourth-order valence-electron chi connectivity index (χ4n) is 1.06. The molecule has 0 aliphatic heterocycles. The zero-order valence-corrected chi connectivity index (χ0v) is 8.73. The SMILES string of the molecule is C/C=C/NC(=O)Nc1cccc(C(=O)O)c1. The van der Waals surface area contributed by atoms with Crippen molar-refractivity contribution in [1.29, 1.82) is 0 Å². The fourth-order valence-corrected chi connectivity index (χ4v) is 1.06. The van der Waals surface area contributed by atoms with Crippen LogP contribution in [0.2, 0.25) is 0 Å². The molecule has 0 aliphatic carbocycles. The van der Waals surface area contributed by atoms with Crippen LogP contribution in [0, 0.1) is 0 Å². The average Bonchev–Trinajstić information content (AvgIpc) is 2.26. The summed E-state index contributed by atoms with van der Waals surface area (Å²) in [6.07, 6.45) is 3.16. The number of anilines is 1. The zero-order valence-electron chi connectivity index (χ0n) is 8.73. The molecule has 0 aliphatic rings. The summed E-state index contributed by atoms with van der Waals surface area (Å²) < 4.78 is 0. The van der Waals surface area contributed by atoms with Crippen molar-refractivity contribution in [2.24, 2.45) is 0 Å². The lowest BCUT2D eigenvalue weighted by Crippen LogP contribution is -2.23. The second kappa shape index (κ2) is 5.55. The van der Waals surface area contributed by atoms with Crippen LogP contribution in [0.4, 0.5) is 10.5 Å². The van der Waals surface area contributed by atoms with Gasteiger partial charge in [-0.2, -0.15) is 0 Å². The summed E-state index contributed by atoms with van der Waals surface area (Å²) in [6.45, 7) is 1.77. The number of urea groups is 1. The van der Waals surface area contributed by atoms with E-state index in [1.54, 1.807) is 25.1 Å².